The number of nitrogens with two attached hydrogens (primary N) is 1. The molecule has 1 fully saturated rings. The van der Waals surface area contributed by atoms with Crippen LogP contribution in [0, 0.1) is 0 Å². The van der Waals surface area contributed by atoms with E-state index in [1.165, 1.54) is 0 Å². The smallest absolute Gasteiger partial charge is 0.407 e. The van der Waals surface area contributed by atoms with Gasteiger partial charge < -0.3 is 21.1 Å². The van der Waals surface area contributed by atoms with Crippen molar-refractivity contribution in [2.45, 2.75) is 38.8 Å². The molecule has 26 heavy (non-hydrogen) atoms. The second-order valence-electron chi connectivity index (χ2n) is 6.13. The van der Waals surface area contributed by atoms with Crippen molar-refractivity contribution in [3.05, 3.63) is 29.8 Å². The van der Waals surface area contributed by atoms with Gasteiger partial charge >= 0.3 is 6.09 Å². The van der Waals surface area contributed by atoms with Gasteiger partial charge in [-0.1, -0.05) is 18.2 Å². The number of primary amides is 1. The van der Waals surface area contributed by atoms with Crippen molar-refractivity contribution < 1.29 is 19.1 Å². The summed E-state index contributed by atoms with van der Waals surface area (Å²) in [6.07, 6.45) is 1.30. The number of nitrogens with zero attached hydrogens (tertiary/aromatic N) is 1. The molecule has 4 N–H and O–H groups in total. The summed E-state index contributed by atoms with van der Waals surface area (Å²) < 4.78 is 4.74. The second kappa shape index (κ2) is 9.76. The number of anilines is 1. The molecule has 142 valence electrons. The number of likely N-dealkylation sites (tertiary alicyclic amines) is 1. The zero-order valence-corrected chi connectivity index (χ0v) is 15.0. The molecule has 0 radical (unpaired) electrons. The largest absolute Gasteiger partial charge is 0.450 e. The van der Waals surface area contributed by atoms with Crippen LogP contribution in [0.5, 0.6) is 0 Å². The van der Waals surface area contributed by atoms with Crippen LogP contribution in [0.4, 0.5) is 10.5 Å². The Kier molecular flexibility index (Phi) is 7.40. The van der Waals surface area contributed by atoms with Crippen LogP contribution in [0.15, 0.2) is 24.3 Å². The molecule has 1 aromatic carbocycles. The number of carbonyl (C=O) groups excluding carboxylic acids is 3. The summed E-state index contributed by atoms with van der Waals surface area (Å²) in [5.74, 6) is -0.517. The molecule has 2 rings (SSSR count). The van der Waals surface area contributed by atoms with Crippen LogP contribution in [0.2, 0.25) is 0 Å². The Morgan fingerprint density at radius 2 is 2.08 bits per heavy atom. The molecule has 0 spiro atoms. The van der Waals surface area contributed by atoms with Crippen LogP contribution in [0.25, 0.3) is 0 Å². The van der Waals surface area contributed by atoms with Crippen molar-refractivity contribution in [2.24, 2.45) is 5.73 Å². The molecule has 8 nitrogen and oxygen atoms in total. The third-order valence-corrected chi connectivity index (χ3v) is 4.25. The first kappa shape index (κ1) is 19.7. The minimum absolute atomic E-state index is 0.140. The van der Waals surface area contributed by atoms with Gasteiger partial charge in [0.1, 0.15) is 0 Å². The molecule has 1 saturated heterocycles. The minimum atomic E-state index is -0.535. The minimum Gasteiger partial charge on any atom is -0.450 e. The van der Waals surface area contributed by atoms with Crippen LogP contribution in [-0.4, -0.2) is 48.5 Å². The van der Waals surface area contributed by atoms with Gasteiger partial charge in [-0.05, 0) is 37.9 Å². The van der Waals surface area contributed by atoms with Crippen molar-refractivity contribution in [3.8, 4) is 0 Å². The average molecular weight is 362 g/mol. The first-order valence-electron chi connectivity index (χ1n) is 8.83. The number of alkyl carbamates (subject to hydrolysis) is 1. The van der Waals surface area contributed by atoms with Gasteiger partial charge in [-0.15, -0.1) is 0 Å². The summed E-state index contributed by atoms with van der Waals surface area (Å²) in [4.78, 5) is 36.9. The van der Waals surface area contributed by atoms with E-state index in [4.69, 9.17) is 10.5 Å². The lowest BCUT2D eigenvalue weighted by atomic mass is 10.1. The van der Waals surface area contributed by atoms with Crippen molar-refractivity contribution in [1.29, 1.82) is 0 Å². The van der Waals surface area contributed by atoms with Crippen LogP contribution in [0.1, 0.15) is 31.7 Å². The van der Waals surface area contributed by atoms with Gasteiger partial charge in [0.15, 0.2) is 0 Å². The van der Waals surface area contributed by atoms with Gasteiger partial charge in [-0.3, -0.25) is 14.5 Å². The highest BCUT2D eigenvalue weighted by Gasteiger charge is 2.29. The van der Waals surface area contributed by atoms with Gasteiger partial charge in [0, 0.05) is 25.2 Å². The Balaban J connectivity index is 1.91. The van der Waals surface area contributed by atoms with E-state index in [9.17, 15) is 14.4 Å². The maximum Gasteiger partial charge on any atom is 0.407 e. The summed E-state index contributed by atoms with van der Waals surface area (Å²) >= 11 is 0. The fraction of sp³-hybridized carbons (Fsp3) is 0.500. The standard InChI is InChI=1S/C18H26N4O4/c1-2-26-18(25)20-10-9-16(23)21-14-7-4-3-6-13(14)12-22-11-5-8-15(22)17(19)24/h3-4,6-7,15H,2,5,8-12H2,1H3,(H2,19,24)(H,20,25)(H,21,23). The third kappa shape index (κ3) is 5.73. The third-order valence-electron chi connectivity index (χ3n) is 4.25. The summed E-state index contributed by atoms with van der Waals surface area (Å²) in [5, 5.41) is 5.37. The zero-order valence-electron chi connectivity index (χ0n) is 15.0. The van der Waals surface area contributed by atoms with Crippen molar-refractivity contribution in [2.75, 3.05) is 25.0 Å². The predicted octanol–water partition coefficient (Wildman–Crippen LogP) is 1.21. The van der Waals surface area contributed by atoms with Crippen LogP contribution < -0.4 is 16.4 Å². The normalized spacial score (nSPS) is 16.9. The first-order chi connectivity index (χ1) is 12.5. The van der Waals surface area contributed by atoms with E-state index in [-0.39, 0.29) is 37.4 Å². The second-order valence-corrected chi connectivity index (χ2v) is 6.13. The lowest BCUT2D eigenvalue weighted by Gasteiger charge is -2.23. The predicted molar refractivity (Wildman–Crippen MR) is 97.3 cm³/mol. The number of hydrogen-bond acceptors (Lipinski definition) is 5. The molecule has 0 saturated carbocycles. The maximum absolute atomic E-state index is 12.1. The molecule has 0 bridgehead atoms. The van der Waals surface area contributed by atoms with E-state index in [1.807, 2.05) is 29.2 Å². The number of amides is 3. The lowest BCUT2D eigenvalue weighted by molar-refractivity contribution is -0.122. The van der Waals surface area contributed by atoms with Crippen molar-refractivity contribution >= 4 is 23.6 Å². The topological polar surface area (TPSA) is 114 Å². The summed E-state index contributed by atoms with van der Waals surface area (Å²) in [6, 6.07) is 7.21. The molecule has 1 unspecified atom stereocenters. The molecule has 0 aliphatic carbocycles. The fourth-order valence-corrected chi connectivity index (χ4v) is 3.01. The molecule has 8 heteroatoms. The number of hydrogen-bond donors (Lipinski definition) is 3. The van der Waals surface area contributed by atoms with Crippen LogP contribution >= 0.6 is 0 Å². The van der Waals surface area contributed by atoms with Gasteiger partial charge in [-0.25, -0.2) is 4.79 Å². The van der Waals surface area contributed by atoms with Gasteiger partial charge in [0.05, 0.1) is 12.6 Å². The van der Waals surface area contributed by atoms with Crippen LogP contribution in [0.3, 0.4) is 0 Å². The number of carbonyl (C=O) groups is 3. The molecule has 1 aliphatic heterocycles. The van der Waals surface area contributed by atoms with Gasteiger partial charge in [0.25, 0.3) is 0 Å². The highest BCUT2D eigenvalue weighted by atomic mass is 16.5. The monoisotopic (exact) mass is 362 g/mol. The first-order valence-corrected chi connectivity index (χ1v) is 8.83. The summed E-state index contributed by atoms with van der Waals surface area (Å²) in [5.41, 5.74) is 7.09. The lowest BCUT2D eigenvalue weighted by Crippen LogP contribution is -2.39. The number of nitrogens with one attached hydrogen (secondary N) is 2. The number of ether oxygens (including phenoxy) is 1. The van der Waals surface area contributed by atoms with Crippen molar-refractivity contribution in [1.82, 2.24) is 10.2 Å². The Bertz CT molecular complexity index is 650. The molecule has 1 heterocycles. The SMILES string of the molecule is CCOC(=O)NCCC(=O)Nc1ccccc1CN1CCCC1C(N)=O. The zero-order chi connectivity index (χ0) is 18.9. The van der Waals surface area contributed by atoms with E-state index < -0.39 is 6.09 Å². The van der Waals surface area contributed by atoms with Gasteiger partial charge in [-0.2, -0.15) is 0 Å². The maximum atomic E-state index is 12.1. The van der Waals surface area contributed by atoms with E-state index in [2.05, 4.69) is 10.6 Å². The Morgan fingerprint density at radius 1 is 1.31 bits per heavy atom. The quantitative estimate of drug-likeness (QED) is 0.643. The molecule has 1 atom stereocenters. The van der Waals surface area contributed by atoms with E-state index in [0.29, 0.717) is 12.2 Å². The van der Waals surface area contributed by atoms with Gasteiger partial charge in [0.2, 0.25) is 11.8 Å². The number of rotatable bonds is 8. The van der Waals surface area contributed by atoms with E-state index in [0.717, 1.165) is 24.9 Å². The highest BCUT2D eigenvalue weighted by Crippen LogP contribution is 2.23. The highest BCUT2D eigenvalue weighted by molar-refractivity contribution is 5.91. The number of benzene rings is 1. The van der Waals surface area contributed by atoms with Crippen LogP contribution in [-0.2, 0) is 20.9 Å². The fourth-order valence-electron chi connectivity index (χ4n) is 3.01. The number of para-hydroxylation sites is 1. The Labute approximate surface area is 153 Å². The molecular formula is C18H26N4O4. The Morgan fingerprint density at radius 3 is 2.81 bits per heavy atom. The summed E-state index contributed by atoms with van der Waals surface area (Å²) in [7, 11) is 0. The molecule has 1 aromatic rings. The molecule has 1 aliphatic rings. The average Bonchev–Trinajstić information content (AvgIpc) is 3.05. The van der Waals surface area contributed by atoms with Crippen molar-refractivity contribution in [3.63, 3.8) is 0 Å². The molecule has 3 amide bonds. The summed E-state index contributed by atoms with van der Waals surface area (Å²) in [6.45, 7) is 3.55. The van der Waals surface area contributed by atoms with E-state index in [1.54, 1.807) is 6.92 Å². The molecular weight excluding hydrogens is 336 g/mol. The molecule has 0 aromatic heterocycles. The van der Waals surface area contributed by atoms with E-state index >= 15 is 0 Å². The Hall–Kier alpha value is -2.61.